The number of allylic oxidation sites excluding steroid dienone is 1. The second kappa shape index (κ2) is 8.78. The van der Waals surface area contributed by atoms with Crippen molar-refractivity contribution < 1.29 is 9.13 Å². The number of rotatable bonds is 4. The molecule has 1 atom stereocenters. The summed E-state index contributed by atoms with van der Waals surface area (Å²) in [5.74, 6) is -0.0722. The summed E-state index contributed by atoms with van der Waals surface area (Å²) in [6.45, 7) is 4.12. The van der Waals surface area contributed by atoms with Crippen LogP contribution in [0.25, 0.3) is 22.2 Å². The number of halogens is 1. The van der Waals surface area contributed by atoms with Crippen LogP contribution in [0, 0.1) is 5.82 Å². The summed E-state index contributed by atoms with van der Waals surface area (Å²) in [5, 5.41) is 8.99. The van der Waals surface area contributed by atoms with Gasteiger partial charge in [-0.25, -0.2) is 4.39 Å². The molecule has 5 heterocycles. The second-order valence-corrected chi connectivity index (χ2v) is 8.15. The maximum Gasteiger partial charge on any atom is 0.275 e. The van der Waals surface area contributed by atoms with Gasteiger partial charge in [-0.15, -0.1) is 0 Å². The smallest absolute Gasteiger partial charge is 0.275 e. The fraction of sp³-hybridized carbons (Fsp3) is 0.269. The number of fused-ring (bicyclic) bond motifs is 3. The number of nitrogens with one attached hydrogen (secondary N) is 1. The highest BCUT2D eigenvalue weighted by molar-refractivity contribution is 5.93. The Morgan fingerprint density at radius 3 is 2.74 bits per heavy atom. The first-order chi connectivity index (χ1) is 16.6. The molecule has 1 aromatic carbocycles. The first-order valence-electron chi connectivity index (χ1n) is 11.5. The van der Waals surface area contributed by atoms with Crippen molar-refractivity contribution in [3.63, 3.8) is 0 Å². The number of pyridine rings is 1. The minimum absolute atomic E-state index is 0.122. The lowest BCUT2D eigenvalue weighted by atomic mass is 9.85. The maximum absolute atomic E-state index is 13.0. The van der Waals surface area contributed by atoms with E-state index >= 15 is 0 Å². The summed E-state index contributed by atoms with van der Waals surface area (Å²) in [6.07, 6.45) is 6.94. The van der Waals surface area contributed by atoms with Crippen molar-refractivity contribution in [3.05, 3.63) is 88.1 Å². The van der Waals surface area contributed by atoms with Gasteiger partial charge in [0.2, 0.25) is 0 Å². The van der Waals surface area contributed by atoms with Crippen LogP contribution in [0.1, 0.15) is 49.7 Å². The molecule has 2 aliphatic heterocycles. The van der Waals surface area contributed by atoms with Crippen molar-refractivity contribution in [1.82, 2.24) is 24.6 Å². The van der Waals surface area contributed by atoms with Crippen LogP contribution >= 0.6 is 0 Å². The summed E-state index contributed by atoms with van der Waals surface area (Å²) < 4.78 is 22.2. The maximum atomic E-state index is 13.0. The SMILES string of the molecule is CC.Cn1c2c(c3ccc(-n4ncc(OCc5ccc(F)cn5)cc4=O)cc31)C1CCC2=CN1. The van der Waals surface area contributed by atoms with Gasteiger partial charge < -0.3 is 14.6 Å². The summed E-state index contributed by atoms with van der Waals surface area (Å²) in [5.41, 5.74) is 5.99. The molecule has 1 N–H and O–H groups in total. The van der Waals surface area contributed by atoms with Gasteiger partial charge >= 0.3 is 0 Å². The zero-order chi connectivity index (χ0) is 23.8. The highest BCUT2D eigenvalue weighted by Crippen LogP contribution is 2.45. The highest BCUT2D eigenvalue weighted by Gasteiger charge is 2.32. The molecule has 3 aliphatic rings. The van der Waals surface area contributed by atoms with Crippen LogP contribution in [-0.2, 0) is 13.7 Å². The number of aromatic nitrogens is 4. The standard InChI is InChI=1S/C24H20FN5O2.C2H6/c1-29-21-8-17(5-6-19(21)23-20-7-2-14(10-27-20)24(23)29)30-22(31)9-18(12-28-30)32-13-16-4-3-15(25)11-26-16;1-2/h3-6,8-12,20,27H,2,7,13H2,1H3;1-2H3. The molecule has 0 fully saturated rings. The van der Waals surface area contributed by atoms with Crippen LogP contribution in [0.5, 0.6) is 5.75 Å². The average Bonchev–Trinajstić information content (AvgIpc) is 3.20. The lowest BCUT2D eigenvalue weighted by Gasteiger charge is -2.32. The lowest BCUT2D eigenvalue weighted by Crippen LogP contribution is -2.26. The average molecular weight is 460 g/mol. The third-order valence-electron chi connectivity index (χ3n) is 6.23. The Bertz CT molecular complexity index is 1450. The van der Waals surface area contributed by atoms with Crippen LogP contribution in [-0.4, -0.2) is 19.3 Å². The third kappa shape index (κ3) is 3.65. The topological polar surface area (TPSA) is 74.0 Å². The van der Waals surface area contributed by atoms with Crippen molar-refractivity contribution in [2.24, 2.45) is 7.05 Å². The Morgan fingerprint density at radius 2 is 2.03 bits per heavy atom. The molecular weight excluding hydrogens is 433 g/mol. The molecular formula is C26H26FN5O2. The molecule has 1 aliphatic carbocycles. The minimum Gasteiger partial charge on any atom is -0.485 e. The molecule has 0 radical (unpaired) electrons. The minimum atomic E-state index is -0.408. The molecule has 3 aromatic heterocycles. The van der Waals surface area contributed by atoms with Crippen LogP contribution in [0.15, 0.2) is 59.8 Å². The molecule has 34 heavy (non-hydrogen) atoms. The van der Waals surface area contributed by atoms with Gasteiger partial charge in [0, 0.05) is 30.3 Å². The van der Waals surface area contributed by atoms with E-state index in [1.54, 1.807) is 0 Å². The summed E-state index contributed by atoms with van der Waals surface area (Å²) >= 11 is 0. The fourth-order valence-electron chi connectivity index (χ4n) is 4.71. The van der Waals surface area contributed by atoms with Crippen LogP contribution in [0.2, 0.25) is 0 Å². The van der Waals surface area contributed by atoms with Crippen molar-refractivity contribution >= 4 is 16.5 Å². The van der Waals surface area contributed by atoms with Gasteiger partial charge in [-0.2, -0.15) is 9.78 Å². The van der Waals surface area contributed by atoms with E-state index < -0.39 is 5.82 Å². The van der Waals surface area contributed by atoms with Gasteiger partial charge in [0.15, 0.2) is 0 Å². The third-order valence-corrected chi connectivity index (χ3v) is 6.23. The quantitative estimate of drug-likeness (QED) is 0.481. The highest BCUT2D eigenvalue weighted by atomic mass is 19.1. The van der Waals surface area contributed by atoms with E-state index in [0.717, 1.165) is 24.6 Å². The van der Waals surface area contributed by atoms with Gasteiger partial charge in [-0.1, -0.05) is 19.9 Å². The molecule has 1 unspecified atom stereocenters. The van der Waals surface area contributed by atoms with E-state index in [4.69, 9.17) is 4.74 Å². The molecule has 0 spiro atoms. The molecule has 7 nitrogen and oxygen atoms in total. The zero-order valence-corrected chi connectivity index (χ0v) is 19.4. The van der Waals surface area contributed by atoms with E-state index in [1.165, 1.54) is 51.3 Å². The van der Waals surface area contributed by atoms with Crippen molar-refractivity contribution in [2.75, 3.05) is 0 Å². The number of hydrogen-bond donors (Lipinski definition) is 1. The molecule has 0 saturated heterocycles. The molecule has 4 aromatic rings. The van der Waals surface area contributed by atoms with Crippen LogP contribution in [0.3, 0.4) is 0 Å². The van der Waals surface area contributed by atoms with E-state index in [1.807, 2.05) is 26.0 Å². The first-order valence-corrected chi connectivity index (χ1v) is 11.5. The van der Waals surface area contributed by atoms with E-state index in [0.29, 0.717) is 23.2 Å². The van der Waals surface area contributed by atoms with Gasteiger partial charge in [-0.3, -0.25) is 9.78 Å². The Balaban J connectivity index is 0.00000117. The molecule has 174 valence electrons. The van der Waals surface area contributed by atoms with Gasteiger partial charge in [0.05, 0.1) is 41.0 Å². The monoisotopic (exact) mass is 459 g/mol. The van der Waals surface area contributed by atoms with Crippen molar-refractivity contribution in [2.45, 2.75) is 39.3 Å². The Morgan fingerprint density at radius 1 is 1.18 bits per heavy atom. The molecule has 0 saturated carbocycles. The summed E-state index contributed by atoms with van der Waals surface area (Å²) in [4.78, 5) is 16.7. The fourth-order valence-corrected chi connectivity index (χ4v) is 4.71. The van der Waals surface area contributed by atoms with E-state index in [-0.39, 0.29) is 12.2 Å². The Kier molecular flexibility index (Phi) is 5.65. The van der Waals surface area contributed by atoms with Gasteiger partial charge in [0.25, 0.3) is 5.56 Å². The predicted octanol–water partition coefficient (Wildman–Crippen LogP) is 4.64. The summed E-state index contributed by atoms with van der Waals surface area (Å²) in [6, 6.07) is 10.6. The van der Waals surface area contributed by atoms with E-state index in [2.05, 4.69) is 39.3 Å². The molecule has 0 amide bonds. The number of nitrogens with zero attached hydrogens (tertiary/aromatic N) is 4. The number of hydrogen-bond acceptors (Lipinski definition) is 5. The first kappa shape index (κ1) is 21.9. The molecule has 2 bridgehead atoms. The normalized spacial score (nSPS) is 15.8. The molecule has 8 heteroatoms. The van der Waals surface area contributed by atoms with Crippen LogP contribution < -0.4 is 15.6 Å². The Labute approximate surface area is 196 Å². The van der Waals surface area contributed by atoms with Crippen molar-refractivity contribution in [3.8, 4) is 11.4 Å². The van der Waals surface area contributed by atoms with E-state index in [9.17, 15) is 9.18 Å². The molecule has 7 rings (SSSR count). The largest absolute Gasteiger partial charge is 0.485 e. The van der Waals surface area contributed by atoms with Gasteiger partial charge in [-0.05, 0) is 42.7 Å². The van der Waals surface area contributed by atoms with Crippen molar-refractivity contribution in [1.29, 1.82) is 0 Å². The number of aryl methyl sites for hydroxylation is 1. The predicted molar refractivity (Wildman–Crippen MR) is 129 cm³/mol. The second-order valence-electron chi connectivity index (χ2n) is 8.15. The summed E-state index contributed by atoms with van der Waals surface area (Å²) in [7, 11) is 2.07. The number of ether oxygens (including phenoxy) is 1. The van der Waals surface area contributed by atoms with Gasteiger partial charge in [0.1, 0.15) is 18.2 Å². The number of benzene rings is 1. The Hall–Kier alpha value is -3.94. The lowest BCUT2D eigenvalue weighted by molar-refractivity contribution is 0.298. The zero-order valence-electron chi connectivity index (χ0n) is 19.4. The van der Waals surface area contributed by atoms with Crippen LogP contribution in [0.4, 0.5) is 4.39 Å².